The van der Waals surface area contributed by atoms with Crippen molar-refractivity contribution in [2.45, 2.75) is 39.7 Å². The average molecular weight is 523 g/mol. The number of hydrogen-bond acceptors (Lipinski definition) is 7. The Hall–Kier alpha value is -4.18. The summed E-state index contributed by atoms with van der Waals surface area (Å²) in [7, 11) is 0. The first-order chi connectivity index (χ1) is 18.2. The normalized spacial score (nSPS) is 11.9. The summed E-state index contributed by atoms with van der Waals surface area (Å²) in [5.74, 6) is -2.40. The molecular weight excluding hydrogens is 494 g/mol. The predicted molar refractivity (Wildman–Crippen MR) is 136 cm³/mol. The van der Waals surface area contributed by atoms with Crippen LogP contribution in [0, 0.1) is 25.5 Å². The Labute approximate surface area is 218 Å². The van der Waals surface area contributed by atoms with Gasteiger partial charge in [-0.2, -0.15) is 5.10 Å². The van der Waals surface area contributed by atoms with Gasteiger partial charge in [0.05, 0.1) is 28.9 Å². The number of benzene rings is 1. The number of aromatic nitrogens is 3. The summed E-state index contributed by atoms with van der Waals surface area (Å²) in [5, 5.41) is 4.47. The fourth-order valence-electron chi connectivity index (χ4n) is 4.26. The summed E-state index contributed by atoms with van der Waals surface area (Å²) in [6, 6.07) is 12.0. The lowest BCUT2D eigenvalue weighted by Gasteiger charge is -2.14. The summed E-state index contributed by atoms with van der Waals surface area (Å²) in [6.07, 6.45) is 0.0303. The molecule has 0 aliphatic rings. The van der Waals surface area contributed by atoms with E-state index in [0.717, 1.165) is 17.7 Å². The van der Waals surface area contributed by atoms with Gasteiger partial charge >= 0.3 is 5.97 Å². The van der Waals surface area contributed by atoms with Crippen LogP contribution in [0.5, 0.6) is 5.88 Å². The topological polar surface area (TPSA) is 109 Å². The van der Waals surface area contributed by atoms with Crippen molar-refractivity contribution in [3.8, 4) is 5.88 Å². The summed E-state index contributed by atoms with van der Waals surface area (Å²) in [5.41, 5.74) is 8.57. The third-order valence-electron chi connectivity index (χ3n) is 6.12. The molecule has 1 atom stereocenters. The summed E-state index contributed by atoms with van der Waals surface area (Å²) < 4.78 is 40.4. The van der Waals surface area contributed by atoms with Crippen LogP contribution in [0.15, 0.2) is 48.5 Å². The smallest absolute Gasteiger partial charge is 0.356 e. The second-order valence-corrected chi connectivity index (χ2v) is 8.85. The molecule has 0 saturated heterocycles. The Morgan fingerprint density at radius 2 is 1.79 bits per heavy atom. The lowest BCUT2D eigenvalue weighted by molar-refractivity contribution is 0.0519. The number of esters is 1. The maximum Gasteiger partial charge on any atom is 0.356 e. The van der Waals surface area contributed by atoms with E-state index in [2.05, 4.69) is 10.1 Å². The van der Waals surface area contributed by atoms with Crippen LogP contribution in [-0.2, 0) is 11.3 Å². The van der Waals surface area contributed by atoms with Crippen molar-refractivity contribution in [3.63, 3.8) is 0 Å². The Morgan fingerprint density at radius 3 is 2.47 bits per heavy atom. The summed E-state index contributed by atoms with van der Waals surface area (Å²) in [4.78, 5) is 30.0. The first-order valence-electron chi connectivity index (χ1n) is 12.2. The molecule has 0 spiro atoms. The van der Waals surface area contributed by atoms with E-state index < -0.39 is 23.5 Å². The van der Waals surface area contributed by atoms with Gasteiger partial charge in [-0.15, -0.1) is 0 Å². The molecule has 0 fully saturated rings. The van der Waals surface area contributed by atoms with E-state index in [4.69, 9.17) is 15.2 Å². The van der Waals surface area contributed by atoms with E-state index in [-0.39, 0.29) is 49.1 Å². The summed E-state index contributed by atoms with van der Waals surface area (Å²) in [6.45, 7) is 5.23. The second-order valence-electron chi connectivity index (χ2n) is 8.85. The highest BCUT2D eigenvalue weighted by Gasteiger charge is 2.24. The number of rotatable bonds is 10. The van der Waals surface area contributed by atoms with Gasteiger partial charge in [-0.25, -0.2) is 23.1 Å². The van der Waals surface area contributed by atoms with E-state index in [9.17, 15) is 18.4 Å². The Balaban J connectivity index is 1.62. The highest BCUT2D eigenvalue weighted by Crippen LogP contribution is 2.28. The number of halogens is 2. The largest absolute Gasteiger partial charge is 0.473 e. The predicted octanol–water partition coefficient (Wildman–Crippen LogP) is 4.70. The molecule has 10 heteroatoms. The number of nitrogens with zero attached hydrogens (tertiary/aromatic N) is 3. The van der Waals surface area contributed by atoms with Crippen LogP contribution in [0.4, 0.5) is 8.78 Å². The van der Waals surface area contributed by atoms with Gasteiger partial charge in [0.2, 0.25) is 5.88 Å². The lowest BCUT2D eigenvalue weighted by atomic mass is 9.94. The second kappa shape index (κ2) is 11.5. The number of fused-ring (bicyclic) bond motifs is 1. The molecule has 0 aliphatic heterocycles. The molecule has 0 amide bonds. The third kappa shape index (κ3) is 5.55. The van der Waals surface area contributed by atoms with Gasteiger partial charge < -0.3 is 15.2 Å². The zero-order chi connectivity index (χ0) is 27.4. The van der Waals surface area contributed by atoms with Gasteiger partial charge in [-0.05, 0) is 56.7 Å². The molecule has 1 unspecified atom stereocenters. The quantitative estimate of drug-likeness (QED) is 0.238. The van der Waals surface area contributed by atoms with Gasteiger partial charge in [0.1, 0.15) is 23.9 Å². The Bertz CT molecular complexity index is 1480. The van der Waals surface area contributed by atoms with Crippen LogP contribution in [0.2, 0.25) is 0 Å². The Kier molecular flexibility index (Phi) is 8.11. The molecule has 1 aromatic carbocycles. The molecular formula is C28H28F2N4O4. The molecule has 2 N–H and O–H groups in total. The monoisotopic (exact) mass is 522 g/mol. The number of carbonyl (C=O) groups excluding carboxylic acids is 2. The van der Waals surface area contributed by atoms with Crippen molar-refractivity contribution in [1.29, 1.82) is 0 Å². The minimum absolute atomic E-state index is 0.0303. The fourth-order valence-corrected chi connectivity index (χ4v) is 4.26. The van der Waals surface area contributed by atoms with E-state index in [1.807, 2.05) is 6.92 Å². The van der Waals surface area contributed by atoms with Crippen molar-refractivity contribution in [3.05, 3.63) is 93.9 Å². The van der Waals surface area contributed by atoms with E-state index in [0.29, 0.717) is 22.5 Å². The zero-order valence-electron chi connectivity index (χ0n) is 21.3. The molecule has 3 heterocycles. The zero-order valence-corrected chi connectivity index (χ0v) is 21.3. The molecule has 198 valence electrons. The van der Waals surface area contributed by atoms with Gasteiger partial charge in [0.15, 0.2) is 5.78 Å². The highest BCUT2D eigenvalue weighted by molar-refractivity contribution is 6.04. The molecule has 0 aliphatic carbocycles. The lowest BCUT2D eigenvalue weighted by Crippen LogP contribution is -2.19. The Morgan fingerprint density at radius 1 is 1.08 bits per heavy atom. The number of aryl methyl sites for hydroxylation is 2. The molecule has 0 radical (unpaired) electrons. The number of ketones is 1. The van der Waals surface area contributed by atoms with E-state index in [1.165, 1.54) is 10.6 Å². The number of Topliss-reactive ketones (excluding diaryl/α,β-unsaturated/α-hetero) is 1. The van der Waals surface area contributed by atoms with Crippen LogP contribution in [-0.4, -0.2) is 39.5 Å². The van der Waals surface area contributed by atoms with Gasteiger partial charge in [-0.3, -0.25) is 4.79 Å². The third-order valence-corrected chi connectivity index (χ3v) is 6.12. The van der Waals surface area contributed by atoms with Gasteiger partial charge in [0, 0.05) is 30.6 Å². The van der Waals surface area contributed by atoms with E-state index in [1.54, 1.807) is 44.2 Å². The first kappa shape index (κ1) is 26.9. The number of pyridine rings is 2. The van der Waals surface area contributed by atoms with E-state index >= 15 is 0 Å². The summed E-state index contributed by atoms with van der Waals surface area (Å²) >= 11 is 0. The first-order valence-corrected chi connectivity index (χ1v) is 12.2. The molecule has 3 aromatic heterocycles. The number of nitrogens with two attached hydrogens (primary N) is 1. The van der Waals surface area contributed by atoms with Gasteiger partial charge in [0.25, 0.3) is 0 Å². The van der Waals surface area contributed by atoms with Gasteiger partial charge in [-0.1, -0.05) is 12.1 Å². The van der Waals surface area contributed by atoms with Crippen LogP contribution in [0.25, 0.3) is 5.52 Å². The highest BCUT2D eigenvalue weighted by atomic mass is 19.1. The molecule has 0 bridgehead atoms. The van der Waals surface area contributed by atoms with Crippen molar-refractivity contribution in [1.82, 2.24) is 14.6 Å². The fraction of sp³-hybridized carbons (Fsp3) is 0.286. The van der Waals surface area contributed by atoms with Crippen molar-refractivity contribution < 1.29 is 27.8 Å². The standard InChI is InChI=1S/C28H28F2N4O4/c1-4-37-28(36)23-10-6-9-22(32-23)18(14-31)13-25(35)27-17(3)33-34-24(27)11-16(2)12-26(34)38-15-19-20(29)7-5-8-21(19)30/h5-12,18H,4,13-15,31H2,1-3H3. The molecule has 4 aromatic rings. The van der Waals surface area contributed by atoms with Crippen LogP contribution < -0.4 is 10.5 Å². The number of carbonyl (C=O) groups is 2. The van der Waals surface area contributed by atoms with Crippen molar-refractivity contribution >= 4 is 17.3 Å². The molecule has 4 rings (SSSR count). The minimum atomic E-state index is -0.713. The molecule has 0 saturated carbocycles. The maximum atomic E-state index is 14.1. The number of hydrogen-bond donors (Lipinski definition) is 1. The molecule has 8 nitrogen and oxygen atoms in total. The van der Waals surface area contributed by atoms with Crippen LogP contribution in [0.3, 0.4) is 0 Å². The minimum Gasteiger partial charge on any atom is -0.473 e. The number of ether oxygens (including phenoxy) is 2. The van der Waals surface area contributed by atoms with Crippen molar-refractivity contribution in [2.75, 3.05) is 13.2 Å². The SMILES string of the molecule is CCOC(=O)c1cccc(C(CN)CC(=O)c2c(C)nn3c(OCc4c(F)cccc4F)cc(C)cc23)n1. The van der Waals surface area contributed by atoms with Crippen molar-refractivity contribution in [2.24, 2.45) is 5.73 Å². The average Bonchev–Trinajstić information content (AvgIpc) is 3.22. The maximum absolute atomic E-state index is 14.1. The van der Waals surface area contributed by atoms with Crippen LogP contribution >= 0.6 is 0 Å². The van der Waals surface area contributed by atoms with Crippen LogP contribution in [0.1, 0.15) is 62.6 Å². The molecule has 38 heavy (non-hydrogen) atoms.